The van der Waals surface area contributed by atoms with E-state index in [-0.39, 0.29) is 37.1 Å². The summed E-state index contributed by atoms with van der Waals surface area (Å²) in [7, 11) is 1.58. The fourth-order valence-electron chi connectivity index (χ4n) is 5.00. The molecular weight excluding hydrogens is 509 g/mol. The van der Waals surface area contributed by atoms with Crippen LogP contribution in [0.1, 0.15) is 60.1 Å². The molecule has 2 N–H and O–H groups in total. The van der Waals surface area contributed by atoms with E-state index in [9.17, 15) is 28.0 Å². The second-order valence-corrected chi connectivity index (χ2v) is 10.6. The second-order valence-electron chi connectivity index (χ2n) is 10.6. The predicted molar refractivity (Wildman–Crippen MR) is 142 cm³/mol. The number of carbonyl (C=O) groups excluding carboxylic acids is 1. The van der Waals surface area contributed by atoms with E-state index in [0.717, 1.165) is 11.6 Å². The summed E-state index contributed by atoms with van der Waals surface area (Å²) in [6.07, 6.45) is 0.442. The molecule has 1 saturated carbocycles. The molecule has 1 saturated heterocycles. The van der Waals surface area contributed by atoms with E-state index in [1.54, 1.807) is 18.0 Å². The molecule has 2 aromatic carbocycles. The molecule has 5 rings (SSSR count). The van der Waals surface area contributed by atoms with Crippen molar-refractivity contribution >= 4 is 28.4 Å². The van der Waals surface area contributed by atoms with E-state index in [1.807, 2.05) is 19.9 Å². The van der Waals surface area contributed by atoms with Gasteiger partial charge in [-0.15, -0.1) is 0 Å². The number of hydrogen-bond acceptors (Lipinski definition) is 6. The molecule has 0 bridgehead atoms. The maximum Gasteiger partial charge on any atom is 0.262 e. The zero-order valence-corrected chi connectivity index (χ0v) is 21.9. The van der Waals surface area contributed by atoms with Gasteiger partial charge in [-0.1, -0.05) is 6.07 Å². The third kappa shape index (κ3) is 5.15. The van der Waals surface area contributed by atoms with Crippen LogP contribution in [-0.2, 0) is 7.05 Å². The first-order valence-electron chi connectivity index (χ1n) is 12.9. The SMILES string of the molecule is Cc1cc([C@@H](C)Nc2ccc(F)cc2C(=O)NC2(C#N)CC2)c2nc(N3CCC(F)(F)CC3)n(C)c(=O)c2c1. The van der Waals surface area contributed by atoms with Crippen molar-refractivity contribution in [2.45, 2.75) is 57.0 Å². The number of anilines is 2. The van der Waals surface area contributed by atoms with Gasteiger partial charge in [-0.3, -0.25) is 14.2 Å². The summed E-state index contributed by atoms with van der Waals surface area (Å²) < 4.78 is 43.1. The number of carbonyl (C=O) groups is 1. The molecule has 0 radical (unpaired) electrons. The summed E-state index contributed by atoms with van der Waals surface area (Å²) in [5, 5.41) is 15.7. The van der Waals surface area contributed by atoms with Crippen molar-refractivity contribution in [1.29, 1.82) is 5.26 Å². The average molecular weight is 539 g/mol. The van der Waals surface area contributed by atoms with E-state index in [4.69, 9.17) is 4.98 Å². The van der Waals surface area contributed by atoms with Gasteiger partial charge in [0.25, 0.3) is 17.4 Å². The molecule has 1 aliphatic carbocycles. The lowest BCUT2D eigenvalue weighted by atomic mass is 10.0. The van der Waals surface area contributed by atoms with Crippen LogP contribution in [0, 0.1) is 24.1 Å². The minimum Gasteiger partial charge on any atom is -0.378 e. The van der Waals surface area contributed by atoms with Crippen LogP contribution >= 0.6 is 0 Å². The van der Waals surface area contributed by atoms with Gasteiger partial charge in [0.15, 0.2) is 0 Å². The fraction of sp³-hybridized carbons (Fsp3) is 0.429. The number of piperidine rings is 1. The quantitative estimate of drug-likeness (QED) is 0.477. The number of fused-ring (bicyclic) bond motifs is 1. The van der Waals surface area contributed by atoms with Gasteiger partial charge in [0.1, 0.15) is 11.4 Å². The molecule has 0 spiro atoms. The number of benzene rings is 2. The monoisotopic (exact) mass is 538 g/mol. The summed E-state index contributed by atoms with van der Waals surface area (Å²) >= 11 is 0. The lowest BCUT2D eigenvalue weighted by molar-refractivity contribution is -0.0223. The van der Waals surface area contributed by atoms with Crippen molar-refractivity contribution in [2.24, 2.45) is 7.05 Å². The number of nitriles is 1. The van der Waals surface area contributed by atoms with Crippen molar-refractivity contribution in [3.05, 3.63) is 63.2 Å². The van der Waals surface area contributed by atoms with Crippen LogP contribution in [0.15, 0.2) is 35.1 Å². The van der Waals surface area contributed by atoms with Crippen LogP contribution in [0.2, 0.25) is 0 Å². The molecule has 11 heteroatoms. The van der Waals surface area contributed by atoms with Gasteiger partial charge in [-0.05, 0) is 56.5 Å². The van der Waals surface area contributed by atoms with Crippen molar-refractivity contribution in [3.8, 4) is 6.07 Å². The molecule has 1 atom stereocenters. The number of nitrogens with zero attached hydrogens (tertiary/aromatic N) is 4. The van der Waals surface area contributed by atoms with Gasteiger partial charge >= 0.3 is 0 Å². The number of halogens is 3. The number of rotatable bonds is 6. The zero-order chi connectivity index (χ0) is 28.1. The molecule has 1 amide bonds. The smallest absolute Gasteiger partial charge is 0.262 e. The van der Waals surface area contributed by atoms with Crippen LogP contribution in [0.4, 0.5) is 24.8 Å². The van der Waals surface area contributed by atoms with Crippen molar-refractivity contribution < 1.29 is 18.0 Å². The highest BCUT2D eigenvalue weighted by atomic mass is 19.3. The second kappa shape index (κ2) is 9.59. The maximum atomic E-state index is 14.1. The third-order valence-corrected chi connectivity index (χ3v) is 7.49. The Morgan fingerprint density at radius 1 is 1.15 bits per heavy atom. The normalized spacial score (nSPS) is 18.3. The third-order valence-electron chi connectivity index (χ3n) is 7.49. The lowest BCUT2D eigenvalue weighted by Gasteiger charge is -2.33. The number of aryl methyl sites for hydroxylation is 1. The summed E-state index contributed by atoms with van der Waals surface area (Å²) in [4.78, 5) is 32.8. The average Bonchev–Trinajstić information content (AvgIpc) is 3.67. The topological polar surface area (TPSA) is 103 Å². The van der Waals surface area contributed by atoms with Crippen molar-refractivity contribution in [2.75, 3.05) is 23.3 Å². The van der Waals surface area contributed by atoms with Crippen LogP contribution in [0.5, 0.6) is 0 Å². The van der Waals surface area contributed by atoms with Gasteiger partial charge in [0.05, 0.1) is 28.6 Å². The van der Waals surface area contributed by atoms with Gasteiger partial charge < -0.3 is 15.5 Å². The van der Waals surface area contributed by atoms with Crippen LogP contribution in [-0.4, -0.2) is 40.0 Å². The number of alkyl halides is 2. The first kappa shape index (κ1) is 26.5. The highest BCUT2D eigenvalue weighted by Crippen LogP contribution is 2.36. The summed E-state index contributed by atoms with van der Waals surface area (Å²) in [6.45, 7) is 3.83. The fourth-order valence-corrected chi connectivity index (χ4v) is 5.00. The minimum atomic E-state index is -2.74. The van der Waals surface area contributed by atoms with Gasteiger partial charge in [0, 0.05) is 44.2 Å². The molecule has 1 aliphatic heterocycles. The van der Waals surface area contributed by atoms with Crippen molar-refractivity contribution in [1.82, 2.24) is 14.9 Å². The largest absolute Gasteiger partial charge is 0.378 e. The number of hydrogen-bond donors (Lipinski definition) is 2. The summed E-state index contributed by atoms with van der Waals surface area (Å²) in [6, 6.07) is 9.03. The lowest BCUT2D eigenvalue weighted by Crippen LogP contribution is -2.42. The predicted octanol–water partition coefficient (Wildman–Crippen LogP) is 4.58. The first-order chi connectivity index (χ1) is 18.4. The van der Waals surface area contributed by atoms with Gasteiger partial charge in [-0.2, -0.15) is 5.26 Å². The van der Waals surface area contributed by atoms with E-state index in [1.165, 1.54) is 16.7 Å². The Morgan fingerprint density at radius 3 is 2.49 bits per heavy atom. The Kier molecular flexibility index (Phi) is 6.53. The molecule has 0 unspecified atom stereocenters. The number of nitrogens with one attached hydrogen (secondary N) is 2. The highest BCUT2D eigenvalue weighted by Gasteiger charge is 2.45. The summed E-state index contributed by atoms with van der Waals surface area (Å²) in [5.41, 5.74) is 1.10. The molecule has 2 aliphatic rings. The van der Waals surface area contributed by atoms with E-state index < -0.39 is 29.2 Å². The molecule has 1 aromatic heterocycles. The Labute approximate surface area is 223 Å². The highest BCUT2D eigenvalue weighted by molar-refractivity contribution is 6.00. The van der Waals surface area contributed by atoms with Crippen LogP contribution in [0.25, 0.3) is 10.9 Å². The number of amides is 1. The maximum absolute atomic E-state index is 14.1. The molecule has 39 heavy (non-hydrogen) atoms. The molecule has 2 fully saturated rings. The van der Waals surface area contributed by atoms with Gasteiger partial charge in [-0.25, -0.2) is 18.2 Å². The van der Waals surface area contributed by atoms with Crippen LogP contribution < -0.4 is 21.1 Å². The first-order valence-corrected chi connectivity index (χ1v) is 12.9. The minimum absolute atomic E-state index is 0.0548. The van der Waals surface area contributed by atoms with E-state index >= 15 is 0 Å². The Balaban J connectivity index is 1.52. The molecular formula is C28H29F3N6O2. The zero-order valence-electron chi connectivity index (χ0n) is 21.9. The summed E-state index contributed by atoms with van der Waals surface area (Å²) in [5.74, 6) is -3.58. The Hall–Kier alpha value is -4.07. The van der Waals surface area contributed by atoms with Gasteiger partial charge in [0.2, 0.25) is 5.95 Å². The van der Waals surface area contributed by atoms with E-state index in [0.29, 0.717) is 40.9 Å². The molecule has 8 nitrogen and oxygen atoms in total. The number of aromatic nitrogens is 2. The standard InChI is InChI=1S/C28H29F3N6O2/c1-16-12-19(17(2)33-22-5-4-18(29)14-20(22)24(38)35-27(15-32)6-7-27)23-21(13-16)25(39)36(3)26(34-23)37-10-8-28(30,31)9-11-37/h4-5,12-14,17,33H,6-11H2,1-3H3,(H,35,38)/t17-/m1/s1. The molecule has 2 heterocycles. The van der Waals surface area contributed by atoms with Crippen molar-refractivity contribution in [3.63, 3.8) is 0 Å². The Morgan fingerprint density at radius 2 is 1.85 bits per heavy atom. The molecule has 3 aromatic rings. The van der Waals surface area contributed by atoms with E-state index in [2.05, 4.69) is 16.7 Å². The van der Waals surface area contributed by atoms with Crippen LogP contribution in [0.3, 0.4) is 0 Å². The Bertz CT molecular complexity index is 1560. The molecule has 204 valence electrons.